The van der Waals surface area contributed by atoms with Gasteiger partial charge in [-0.25, -0.2) is 9.59 Å². The zero-order valence-corrected chi connectivity index (χ0v) is 14.7. The molecule has 0 aromatic rings. The standard InChI is InChI=1S/C16H30O6/c1-7-9-13(17)19-21-15(3,4)11-12-16(5,6)22-20-14(18)10-8-2/h7-12H2,1-6H3. The highest BCUT2D eigenvalue weighted by molar-refractivity contribution is 5.68. The second-order valence-electron chi connectivity index (χ2n) is 6.60. The van der Waals surface area contributed by atoms with E-state index in [1.54, 1.807) is 0 Å². The molecule has 6 heteroatoms. The van der Waals surface area contributed by atoms with Crippen LogP contribution in [0.5, 0.6) is 0 Å². The van der Waals surface area contributed by atoms with Crippen molar-refractivity contribution in [2.45, 2.75) is 91.3 Å². The van der Waals surface area contributed by atoms with E-state index in [1.165, 1.54) is 0 Å². The first-order chi connectivity index (χ1) is 10.1. The van der Waals surface area contributed by atoms with Crippen molar-refractivity contribution in [3.63, 3.8) is 0 Å². The van der Waals surface area contributed by atoms with E-state index in [4.69, 9.17) is 19.6 Å². The molecule has 0 rings (SSSR count). The molecule has 0 spiro atoms. The Morgan fingerprint density at radius 2 is 1.05 bits per heavy atom. The molecule has 0 aliphatic rings. The van der Waals surface area contributed by atoms with Crippen LogP contribution in [0.3, 0.4) is 0 Å². The molecule has 0 amide bonds. The largest absolute Gasteiger partial charge is 0.342 e. The topological polar surface area (TPSA) is 71.1 Å². The van der Waals surface area contributed by atoms with Crippen LogP contribution >= 0.6 is 0 Å². The average molecular weight is 318 g/mol. The van der Waals surface area contributed by atoms with E-state index in [2.05, 4.69) is 0 Å². The highest BCUT2D eigenvalue weighted by Gasteiger charge is 2.29. The summed E-state index contributed by atoms with van der Waals surface area (Å²) in [5.41, 5.74) is -1.28. The number of rotatable bonds is 11. The van der Waals surface area contributed by atoms with Gasteiger partial charge in [-0.05, 0) is 53.4 Å². The van der Waals surface area contributed by atoms with Crippen molar-refractivity contribution in [3.8, 4) is 0 Å². The molecule has 0 aromatic heterocycles. The lowest BCUT2D eigenvalue weighted by molar-refractivity contribution is -0.340. The van der Waals surface area contributed by atoms with E-state index in [0.717, 1.165) is 0 Å². The molecule has 130 valence electrons. The molecule has 22 heavy (non-hydrogen) atoms. The van der Waals surface area contributed by atoms with Crippen LogP contribution in [0.4, 0.5) is 0 Å². The van der Waals surface area contributed by atoms with Crippen LogP contribution in [0.2, 0.25) is 0 Å². The van der Waals surface area contributed by atoms with E-state index < -0.39 is 11.2 Å². The third-order valence-electron chi connectivity index (χ3n) is 2.96. The van der Waals surface area contributed by atoms with Gasteiger partial charge in [0.25, 0.3) is 0 Å². The Morgan fingerprint density at radius 3 is 1.32 bits per heavy atom. The molecule has 6 nitrogen and oxygen atoms in total. The molecule has 0 unspecified atom stereocenters. The van der Waals surface area contributed by atoms with Crippen molar-refractivity contribution in [1.82, 2.24) is 0 Å². The predicted molar refractivity (Wildman–Crippen MR) is 81.6 cm³/mol. The van der Waals surface area contributed by atoms with Crippen molar-refractivity contribution >= 4 is 11.9 Å². The molecule has 0 saturated heterocycles. The lowest BCUT2D eigenvalue weighted by Crippen LogP contribution is -2.32. The van der Waals surface area contributed by atoms with Crippen LogP contribution in [0.1, 0.15) is 80.1 Å². The van der Waals surface area contributed by atoms with Gasteiger partial charge in [0.1, 0.15) is 11.2 Å². The van der Waals surface area contributed by atoms with E-state index in [1.807, 2.05) is 41.5 Å². The average Bonchev–Trinajstić information content (AvgIpc) is 2.42. The van der Waals surface area contributed by atoms with Crippen molar-refractivity contribution in [3.05, 3.63) is 0 Å². The molecule has 0 aliphatic heterocycles. The zero-order chi connectivity index (χ0) is 17.2. The van der Waals surface area contributed by atoms with Crippen LogP contribution in [0.15, 0.2) is 0 Å². The van der Waals surface area contributed by atoms with E-state index in [0.29, 0.717) is 38.5 Å². The van der Waals surface area contributed by atoms with Gasteiger partial charge >= 0.3 is 11.9 Å². The Kier molecular flexibility index (Phi) is 9.28. The third-order valence-corrected chi connectivity index (χ3v) is 2.96. The normalized spacial score (nSPS) is 12.1. The van der Waals surface area contributed by atoms with Crippen molar-refractivity contribution in [2.24, 2.45) is 0 Å². The number of hydrogen-bond acceptors (Lipinski definition) is 6. The van der Waals surface area contributed by atoms with Gasteiger partial charge in [0.15, 0.2) is 0 Å². The summed E-state index contributed by atoms with van der Waals surface area (Å²) in [7, 11) is 0. The first-order valence-corrected chi connectivity index (χ1v) is 7.89. The van der Waals surface area contributed by atoms with Gasteiger partial charge < -0.3 is 0 Å². The van der Waals surface area contributed by atoms with E-state index in [9.17, 15) is 9.59 Å². The Labute approximate surface area is 133 Å². The third kappa shape index (κ3) is 10.6. The second-order valence-corrected chi connectivity index (χ2v) is 6.60. The highest BCUT2D eigenvalue weighted by atomic mass is 17.2. The molecule has 0 aliphatic carbocycles. The van der Waals surface area contributed by atoms with Gasteiger partial charge in [0.05, 0.1) is 0 Å². The van der Waals surface area contributed by atoms with E-state index >= 15 is 0 Å². The summed E-state index contributed by atoms with van der Waals surface area (Å²) < 4.78 is 0. The lowest BCUT2D eigenvalue weighted by atomic mass is 9.94. The first kappa shape index (κ1) is 20.9. The van der Waals surface area contributed by atoms with Gasteiger partial charge in [-0.1, -0.05) is 13.8 Å². The second kappa shape index (κ2) is 9.79. The van der Waals surface area contributed by atoms with Gasteiger partial charge in [-0.15, -0.1) is 0 Å². The molecule has 0 radical (unpaired) electrons. The van der Waals surface area contributed by atoms with Crippen molar-refractivity contribution < 1.29 is 29.1 Å². The van der Waals surface area contributed by atoms with Crippen LogP contribution < -0.4 is 0 Å². The maximum absolute atomic E-state index is 11.3. The minimum absolute atomic E-state index is 0.331. The first-order valence-electron chi connectivity index (χ1n) is 7.89. The maximum Gasteiger partial charge on any atom is 0.342 e. The molecule has 0 bridgehead atoms. The summed E-state index contributed by atoms with van der Waals surface area (Å²) >= 11 is 0. The molecule has 0 aromatic carbocycles. The molecule has 0 atom stereocenters. The van der Waals surface area contributed by atoms with Crippen molar-refractivity contribution in [2.75, 3.05) is 0 Å². The minimum atomic E-state index is -0.641. The summed E-state index contributed by atoms with van der Waals surface area (Å²) in [6.07, 6.45) is 3.24. The maximum atomic E-state index is 11.3. The minimum Gasteiger partial charge on any atom is -0.298 e. The van der Waals surface area contributed by atoms with Gasteiger partial charge in [-0.2, -0.15) is 9.78 Å². The van der Waals surface area contributed by atoms with E-state index in [-0.39, 0.29) is 11.9 Å². The summed E-state index contributed by atoms with van der Waals surface area (Å²) in [5, 5.41) is 0. The molecule has 0 fully saturated rings. The van der Waals surface area contributed by atoms with Crippen LogP contribution in [0.25, 0.3) is 0 Å². The molecule has 0 saturated carbocycles. The van der Waals surface area contributed by atoms with Gasteiger partial charge in [0.2, 0.25) is 0 Å². The fourth-order valence-corrected chi connectivity index (χ4v) is 1.50. The lowest BCUT2D eigenvalue weighted by Gasteiger charge is -2.28. The summed E-state index contributed by atoms with van der Waals surface area (Å²) in [5.74, 6) is -0.751. The summed E-state index contributed by atoms with van der Waals surface area (Å²) in [6, 6.07) is 0. The molecule has 0 N–H and O–H groups in total. The fraction of sp³-hybridized carbons (Fsp3) is 0.875. The van der Waals surface area contributed by atoms with Gasteiger partial charge in [-0.3, -0.25) is 9.78 Å². The molecular formula is C16H30O6. The quantitative estimate of drug-likeness (QED) is 0.425. The molecular weight excluding hydrogens is 288 g/mol. The Hall–Kier alpha value is -1.14. The molecule has 0 heterocycles. The van der Waals surface area contributed by atoms with Crippen LogP contribution in [-0.4, -0.2) is 23.1 Å². The summed E-state index contributed by atoms with van der Waals surface area (Å²) in [6.45, 7) is 11.1. The number of hydrogen-bond donors (Lipinski definition) is 0. The number of carbonyl (C=O) groups is 2. The van der Waals surface area contributed by atoms with Crippen LogP contribution in [0, 0.1) is 0 Å². The Morgan fingerprint density at radius 1 is 0.727 bits per heavy atom. The zero-order valence-electron chi connectivity index (χ0n) is 14.7. The monoisotopic (exact) mass is 318 g/mol. The van der Waals surface area contributed by atoms with Gasteiger partial charge in [0, 0.05) is 12.8 Å². The van der Waals surface area contributed by atoms with Crippen LogP contribution in [-0.2, 0) is 29.1 Å². The highest BCUT2D eigenvalue weighted by Crippen LogP contribution is 2.25. The number of carbonyl (C=O) groups excluding carboxylic acids is 2. The van der Waals surface area contributed by atoms with Crippen molar-refractivity contribution in [1.29, 1.82) is 0 Å². The smallest absolute Gasteiger partial charge is 0.298 e. The SMILES string of the molecule is CCCC(=O)OOC(C)(C)CCC(C)(C)OOC(=O)CCC. The Bertz CT molecular complexity index is 315. The predicted octanol–water partition coefficient (Wildman–Crippen LogP) is 3.87. The summed E-state index contributed by atoms with van der Waals surface area (Å²) in [4.78, 5) is 42.5. The Balaban J connectivity index is 4.15. The fourth-order valence-electron chi connectivity index (χ4n) is 1.50.